The van der Waals surface area contributed by atoms with Crippen LogP contribution in [0.1, 0.15) is 45.2 Å². The quantitative estimate of drug-likeness (QED) is 0.286. The normalized spacial score (nSPS) is 15.0. The molecule has 0 fully saturated rings. The highest BCUT2D eigenvalue weighted by Gasteiger charge is 2.34. The number of para-hydroxylation sites is 2. The fraction of sp³-hybridized carbons (Fsp3) is 0.320. The number of phenols is 1. The number of ether oxygens (including phenoxy) is 1. The summed E-state index contributed by atoms with van der Waals surface area (Å²) in [6.07, 6.45) is 2.17. The van der Waals surface area contributed by atoms with E-state index in [1.165, 1.54) is 0 Å². The predicted octanol–water partition coefficient (Wildman–Crippen LogP) is 5.20. The number of aromatic nitrogens is 3. The highest BCUT2D eigenvalue weighted by Crippen LogP contribution is 2.38. The Kier molecular flexibility index (Phi) is 7.42. The lowest BCUT2D eigenvalue weighted by molar-refractivity contribution is -0.113. The number of benzene rings is 2. The number of nitrogens with one attached hydrogen (secondary N) is 2. The molecule has 3 N–H and O–H groups in total. The van der Waals surface area contributed by atoms with Crippen molar-refractivity contribution in [1.82, 2.24) is 14.8 Å². The Morgan fingerprint density at radius 3 is 2.82 bits per heavy atom. The first-order valence-electron chi connectivity index (χ1n) is 11.4. The molecule has 0 spiro atoms. The van der Waals surface area contributed by atoms with E-state index in [0.29, 0.717) is 40.4 Å². The lowest BCUT2D eigenvalue weighted by Crippen LogP contribution is -2.31. The molecule has 1 aromatic heterocycles. The summed E-state index contributed by atoms with van der Waals surface area (Å²) < 4.78 is 7.40. The number of rotatable bonds is 9. The van der Waals surface area contributed by atoms with Crippen molar-refractivity contribution < 1.29 is 14.6 Å². The summed E-state index contributed by atoms with van der Waals surface area (Å²) in [5, 5.41) is 21.8. The molecule has 1 aliphatic heterocycles. The van der Waals surface area contributed by atoms with E-state index in [-0.39, 0.29) is 11.7 Å². The average molecular weight is 480 g/mol. The van der Waals surface area contributed by atoms with Gasteiger partial charge in [-0.05, 0) is 50.1 Å². The number of carbonyl (C=O) groups is 1. The van der Waals surface area contributed by atoms with Crippen molar-refractivity contribution in [2.75, 3.05) is 23.0 Å². The van der Waals surface area contributed by atoms with Crippen molar-refractivity contribution in [3.8, 4) is 11.5 Å². The third-order valence-corrected chi connectivity index (χ3v) is 6.35. The highest BCUT2D eigenvalue weighted by atomic mass is 32.2. The maximum atomic E-state index is 13.6. The number of anilines is 2. The summed E-state index contributed by atoms with van der Waals surface area (Å²) >= 11 is 1.59. The van der Waals surface area contributed by atoms with Crippen LogP contribution in [0.3, 0.4) is 0 Å². The van der Waals surface area contributed by atoms with Crippen LogP contribution in [0.5, 0.6) is 11.5 Å². The molecule has 1 amide bonds. The first-order chi connectivity index (χ1) is 16.5. The van der Waals surface area contributed by atoms with Crippen molar-refractivity contribution in [2.45, 2.75) is 44.8 Å². The molecule has 0 saturated heterocycles. The van der Waals surface area contributed by atoms with Gasteiger partial charge in [-0.15, -0.1) is 5.10 Å². The van der Waals surface area contributed by atoms with Crippen LogP contribution in [0, 0.1) is 0 Å². The van der Waals surface area contributed by atoms with Gasteiger partial charge in [-0.1, -0.05) is 49.4 Å². The minimum Gasteiger partial charge on any atom is -0.508 e. The van der Waals surface area contributed by atoms with Gasteiger partial charge >= 0.3 is 0 Å². The number of carbonyl (C=O) groups excluding carboxylic acids is 1. The molecule has 8 nitrogen and oxygen atoms in total. The lowest BCUT2D eigenvalue weighted by Gasteiger charge is -2.29. The van der Waals surface area contributed by atoms with Gasteiger partial charge in [0.15, 0.2) is 0 Å². The van der Waals surface area contributed by atoms with E-state index in [1.807, 2.05) is 44.2 Å². The summed E-state index contributed by atoms with van der Waals surface area (Å²) in [5.41, 5.74) is 2.48. The maximum Gasteiger partial charge on any atom is 0.255 e. The van der Waals surface area contributed by atoms with Gasteiger partial charge in [0.2, 0.25) is 11.1 Å². The third kappa shape index (κ3) is 5.04. The second-order valence-electron chi connectivity index (χ2n) is 7.91. The number of allylic oxidation sites excluding steroid dienone is 1. The Hall–Kier alpha value is -3.46. The molecule has 4 rings (SSSR count). The van der Waals surface area contributed by atoms with Crippen LogP contribution in [-0.4, -0.2) is 38.1 Å². The molecule has 9 heteroatoms. The van der Waals surface area contributed by atoms with Gasteiger partial charge in [0.25, 0.3) is 5.91 Å². The van der Waals surface area contributed by atoms with E-state index in [9.17, 15) is 9.90 Å². The van der Waals surface area contributed by atoms with Gasteiger partial charge in [-0.25, -0.2) is 4.68 Å². The van der Waals surface area contributed by atoms with Crippen LogP contribution in [0.4, 0.5) is 11.6 Å². The lowest BCUT2D eigenvalue weighted by atomic mass is 9.95. The molecule has 1 unspecified atom stereocenters. The van der Waals surface area contributed by atoms with Gasteiger partial charge in [-0.3, -0.25) is 4.79 Å². The van der Waals surface area contributed by atoms with Crippen molar-refractivity contribution >= 4 is 29.3 Å². The third-order valence-electron chi connectivity index (χ3n) is 5.43. The molecular weight excluding hydrogens is 450 g/mol. The summed E-state index contributed by atoms with van der Waals surface area (Å²) in [6.45, 7) is 6.38. The van der Waals surface area contributed by atoms with Crippen LogP contribution < -0.4 is 15.4 Å². The molecule has 0 aliphatic carbocycles. The highest BCUT2D eigenvalue weighted by molar-refractivity contribution is 7.99. The zero-order valence-corrected chi connectivity index (χ0v) is 20.4. The summed E-state index contributed by atoms with van der Waals surface area (Å²) in [5.74, 6) is 1.92. The van der Waals surface area contributed by atoms with Gasteiger partial charge in [-0.2, -0.15) is 4.98 Å². The molecule has 0 bridgehead atoms. The van der Waals surface area contributed by atoms with Crippen molar-refractivity contribution in [3.63, 3.8) is 0 Å². The molecule has 0 radical (unpaired) electrons. The van der Waals surface area contributed by atoms with E-state index in [2.05, 4.69) is 22.5 Å². The van der Waals surface area contributed by atoms with E-state index in [1.54, 1.807) is 34.6 Å². The number of hydrogen-bond acceptors (Lipinski definition) is 7. The van der Waals surface area contributed by atoms with Crippen molar-refractivity contribution in [1.29, 1.82) is 0 Å². The standard InChI is InChI=1S/C25H29N5O3S/c1-4-6-14-34-25-28-24-26-16(3)21(22(30(24)29-25)17-10-9-11-18(31)15-17)23(32)27-19-12-7-8-13-20(19)33-5-2/h7-13,15,22,31H,4-6,14H2,1-3H3,(H,27,32)(H,26,28,29). The molecule has 34 heavy (non-hydrogen) atoms. The van der Waals surface area contributed by atoms with Gasteiger partial charge in [0.05, 0.1) is 17.9 Å². The SMILES string of the molecule is CCCCSc1nc2n(n1)C(c1cccc(O)c1)C(C(=O)Nc1ccccc1OCC)=C(C)N2. The van der Waals surface area contributed by atoms with Crippen LogP contribution in [0.25, 0.3) is 0 Å². The number of amides is 1. The maximum absolute atomic E-state index is 13.6. The number of fused-ring (bicyclic) bond motifs is 1. The van der Waals surface area contributed by atoms with Crippen LogP contribution in [-0.2, 0) is 4.79 Å². The number of hydrogen-bond donors (Lipinski definition) is 3. The molecule has 3 aromatic rings. The molecule has 1 aliphatic rings. The van der Waals surface area contributed by atoms with Crippen molar-refractivity contribution in [2.24, 2.45) is 0 Å². The second kappa shape index (κ2) is 10.6. The summed E-state index contributed by atoms with van der Waals surface area (Å²) in [4.78, 5) is 18.3. The number of aromatic hydroxyl groups is 1. The van der Waals surface area contributed by atoms with Crippen LogP contribution in [0.15, 0.2) is 65.0 Å². The smallest absolute Gasteiger partial charge is 0.255 e. The number of thioether (sulfide) groups is 1. The summed E-state index contributed by atoms with van der Waals surface area (Å²) in [7, 11) is 0. The average Bonchev–Trinajstić information content (AvgIpc) is 3.22. The van der Waals surface area contributed by atoms with Gasteiger partial charge in [0, 0.05) is 11.4 Å². The number of phenolic OH excluding ortho intramolecular Hbond substituents is 1. The monoisotopic (exact) mass is 479 g/mol. The fourth-order valence-electron chi connectivity index (χ4n) is 3.84. The van der Waals surface area contributed by atoms with Crippen molar-refractivity contribution in [3.05, 3.63) is 65.4 Å². The molecule has 178 valence electrons. The molecule has 0 saturated carbocycles. The van der Waals surface area contributed by atoms with E-state index < -0.39 is 6.04 Å². The summed E-state index contributed by atoms with van der Waals surface area (Å²) in [6, 6.07) is 13.7. The zero-order valence-electron chi connectivity index (χ0n) is 19.5. The van der Waals surface area contributed by atoms with Gasteiger partial charge in [0.1, 0.15) is 17.5 Å². The van der Waals surface area contributed by atoms with E-state index in [4.69, 9.17) is 9.84 Å². The van der Waals surface area contributed by atoms with E-state index in [0.717, 1.165) is 24.2 Å². The van der Waals surface area contributed by atoms with Crippen LogP contribution in [0.2, 0.25) is 0 Å². The Balaban J connectivity index is 1.73. The second-order valence-corrected chi connectivity index (χ2v) is 8.97. The first-order valence-corrected chi connectivity index (χ1v) is 12.4. The zero-order chi connectivity index (χ0) is 24.1. The fourth-order valence-corrected chi connectivity index (χ4v) is 4.75. The molecule has 2 heterocycles. The Morgan fingerprint density at radius 1 is 1.24 bits per heavy atom. The minimum absolute atomic E-state index is 0.120. The van der Waals surface area contributed by atoms with Gasteiger partial charge < -0.3 is 20.5 Å². The Bertz CT molecular complexity index is 1210. The molecule has 1 atom stereocenters. The minimum atomic E-state index is -0.560. The number of unbranched alkanes of at least 4 members (excludes halogenated alkanes) is 1. The largest absolute Gasteiger partial charge is 0.508 e. The van der Waals surface area contributed by atoms with Crippen LogP contribution >= 0.6 is 11.8 Å². The van der Waals surface area contributed by atoms with E-state index >= 15 is 0 Å². The predicted molar refractivity (Wildman–Crippen MR) is 134 cm³/mol. The molecular formula is C25H29N5O3S. The Morgan fingerprint density at radius 2 is 2.06 bits per heavy atom. The first kappa shape index (κ1) is 23.7. The molecule has 2 aromatic carbocycles. The Labute approximate surface area is 203 Å². The number of nitrogens with zero attached hydrogens (tertiary/aromatic N) is 3. The topological polar surface area (TPSA) is 101 Å².